The van der Waals surface area contributed by atoms with Gasteiger partial charge in [-0.1, -0.05) is 36.4 Å². The molecular formula is C20H27N. The van der Waals surface area contributed by atoms with E-state index in [2.05, 4.69) is 76.3 Å². The molecule has 0 bridgehead atoms. The lowest BCUT2D eigenvalue weighted by Crippen LogP contribution is -2.22. The summed E-state index contributed by atoms with van der Waals surface area (Å²) >= 11 is 0. The smallest absolute Gasteiger partial charge is 0.0294 e. The molecule has 0 aromatic heterocycles. The molecule has 0 saturated carbocycles. The molecule has 21 heavy (non-hydrogen) atoms. The monoisotopic (exact) mass is 281 g/mol. The lowest BCUT2D eigenvalue weighted by Gasteiger charge is -2.19. The van der Waals surface area contributed by atoms with Crippen molar-refractivity contribution in [2.24, 2.45) is 0 Å². The Bertz CT molecular complexity index is 613. The average Bonchev–Trinajstić information content (AvgIpc) is 2.44. The van der Waals surface area contributed by atoms with Crippen LogP contribution in [0.25, 0.3) is 0 Å². The minimum Gasteiger partial charge on any atom is -0.310 e. The van der Waals surface area contributed by atoms with Crippen LogP contribution in [0.5, 0.6) is 0 Å². The van der Waals surface area contributed by atoms with Crippen molar-refractivity contribution in [3.8, 4) is 0 Å². The van der Waals surface area contributed by atoms with Crippen molar-refractivity contribution >= 4 is 0 Å². The average molecular weight is 281 g/mol. The number of aryl methyl sites for hydroxylation is 4. The molecule has 0 aliphatic heterocycles. The summed E-state index contributed by atoms with van der Waals surface area (Å²) in [5, 5.41) is 3.66. The van der Waals surface area contributed by atoms with Gasteiger partial charge in [0.05, 0.1) is 0 Å². The van der Waals surface area contributed by atoms with E-state index < -0.39 is 0 Å². The van der Waals surface area contributed by atoms with Gasteiger partial charge in [-0.2, -0.15) is 0 Å². The fraction of sp³-hybridized carbons (Fsp3) is 0.400. The number of hydrogen-bond donors (Lipinski definition) is 1. The first-order chi connectivity index (χ1) is 9.99. The Morgan fingerprint density at radius 1 is 0.857 bits per heavy atom. The van der Waals surface area contributed by atoms with E-state index in [1.54, 1.807) is 0 Å². The van der Waals surface area contributed by atoms with Crippen molar-refractivity contribution in [1.29, 1.82) is 0 Å². The van der Waals surface area contributed by atoms with Gasteiger partial charge in [-0.3, -0.25) is 0 Å². The normalized spacial score (nSPS) is 12.4. The molecule has 1 N–H and O–H groups in total. The number of rotatable bonds is 5. The molecule has 2 rings (SSSR count). The maximum Gasteiger partial charge on any atom is 0.0294 e. The second-order valence-electron chi connectivity index (χ2n) is 6.15. The van der Waals surface area contributed by atoms with Crippen LogP contribution in [-0.2, 0) is 6.42 Å². The molecule has 0 heterocycles. The summed E-state index contributed by atoms with van der Waals surface area (Å²) in [5.41, 5.74) is 8.38. The van der Waals surface area contributed by atoms with Gasteiger partial charge in [0, 0.05) is 6.04 Å². The summed E-state index contributed by atoms with van der Waals surface area (Å²) in [5.74, 6) is 0. The molecule has 1 unspecified atom stereocenters. The van der Waals surface area contributed by atoms with Crippen molar-refractivity contribution in [2.75, 3.05) is 6.54 Å². The molecule has 0 aliphatic carbocycles. The summed E-state index contributed by atoms with van der Waals surface area (Å²) in [6, 6.07) is 13.7. The number of hydrogen-bond acceptors (Lipinski definition) is 1. The van der Waals surface area contributed by atoms with Crippen LogP contribution in [-0.4, -0.2) is 6.54 Å². The molecule has 1 nitrogen and oxygen atoms in total. The Morgan fingerprint density at radius 3 is 2.24 bits per heavy atom. The third kappa shape index (κ3) is 3.95. The molecule has 0 fully saturated rings. The van der Waals surface area contributed by atoms with Gasteiger partial charge in [-0.25, -0.2) is 0 Å². The first kappa shape index (κ1) is 15.8. The molecule has 1 atom stereocenters. The fourth-order valence-corrected chi connectivity index (χ4v) is 2.87. The van der Waals surface area contributed by atoms with E-state index in [-0.39, 0.29) is 0 Å². The predicted octanol–water partition coefficient (Wildman–Crippen LogP) is 4.81. The summed E-state index contributed by atoms with van der Waals surface area (Å²) in [4.78, 5) is 0. The highest BCUT2D eigenvalue weighted by Gasteiger charge is 2.09. The van der Waals surface area contributed by atoms with Gasteiger partial charge >= 0.3 is 0 Å². The van der Waals surface area contributed by atoms with E-state index in [4.69, 9.17) is 0 Å². The molecule has 0 radical (unpaired) electrons. The Balaban J connectivity index is 1.98. The Hall–Kier alpha value is -1.60. The van der Waals surface area contributed by atoms with E-state index >= 15 is 0 Å². The van der Waals surface area contributed by atoms with Crippen LogP contribution in [0.4, 0.5) is 0 Å². The zero-order valence-corrected chi connectivity index (χ0v) is 14.0. The van der Waals surface area contributed by atoms with Crippen molar-refractivity contribution in [3.63, 3.8) is 0 Å². The molecule has 2 aromatic rings. The molecular weight excluding hydrogens is 254 g/mol. The summed E-state index contributed by atoms with van der Waals surface area (Å²) in [7, 11) is 0. The van der Waals surface area contributed by atoms with Gasteiger partial charge < -0.3 is 5.32 Å². The number of benzene rings is 2. The molecule has 1 heteroatoms. The fourth-order valence-electron chi connectivity index (χ4n) is 2.87. The minimum absolute atomic E-state index is 0.397. The topological polar surface area (TPSA) is 12.0 Å². The molecule has 0 spiro atoms. The first-order valence-corrected chi connectivity index (χ1v) is 7.84. The van der Waals surface area contributed by atoms with Gasteiger partial charge in [0.2, 0.25) is 0 Å². The van der Waals surface area contributed by atoms with Gasteiger partial charge in [-0.15, -0.1) is 0 Å². The van der Waals surface area contributed by atoms with Gasteiger partial charge in [0.25, 0.3) is 0 Å². The molecule has 0 aliphatic rings. The second kappa shape index (κ2) is 6.91. The Kier molecular flexibility index (Phi) is 5.19. The Labute approximate surface area is 129 Å². The maximum absolute atomic E-state index is 3.66. The van der Waals surface area contributed by atoms with Crippen LogP contribution < -0.4 is 5.32 Å². The highest BCUT2D eigenvalue weighted by atomic mass is 14.9. The number of nitrogens with one attached hydrogen (secondary N) is 1. The SMILES string of the molecule is Cc1cc(C)c(C(C)NCCc2ccccc2C)cc1C. The lowest BCUT2D eigenvalue weighted by molar-refractivity contribution is 0.573. The van der Waals surface area contributed by atoms with Crippen molar-refractivity contribution in [1.82, 2.24) is 5.32 Å². The van der Waals surface area contributed by atoms with Crippen LogP contribution >= 0.6 is 0 Å². The van der Waals surface area contributed by atoms with Crippen LogP contribution in [0.3, 0.4) is 0 Å². The van der Waals surface area contributed by atoms with Crippen LogP contribution in [0.1, 0.15) is 46.3 Å². The lowest BCUT2D eigenvalue weighted by atomic mass is 9.96. The van der Waals surface area contributed by atoms with E-state index in [9.17, 15) is 0 Å². The van der Waals surface area contributed by atoms with Crippen LogP contribution in [0, 0.1) is 27.7 Å². The summed E-state index contributed by atoms with van der Waals surface area (Å²) in [6.45, 7) is 12.0. The highest BCUT2D eigenvalue weighted by Crippen LogP contribution is 2.21. The quantitative estimate of drug-likeness (QED) is 0.829. The van der Waals surface area contributed by atoms with Gasteiger partial charge in [0.1, 0.15) is 0 Å². The molecule has 0 amide bonds. The summed E-state index contributed by atoms with van der Waals surface area (Å²) < 4.78 is 0. The van der Waals surface area contributed by atoms with Crippen LogP contribution in [0.2, 0.25) is 0 Å². The van der Waals surface area contributed by atoms with Crippen LogP contribution in [0.15, 0.2) is 36.4 Å². The van der Waals surface area contributed by atoms with Crippen molar-refractivity contribution < 1.29 is 0 Å². The Morgan fingerprint density at radius 2 is 1.52 bits per heavy atom. The molecule has 112 valence electrons. The maximum atomic E-state index is 3.66. The van der Waals surface area contributed by atoms with E-state index in [1.165, 1.54) is 33.4 Å². The van der Waals surface area contributed by atoms with Crippen molar-refractivity contribution in [2.45, 2.75) is 47.1 Å². The van der Waals surface area contributed by atoms with E-state index in [1.807, 2.05) is 0 Å². The molecule has 2 aromatic carbocycles. The first-order valence-electron chi connectivity index (χ1n) is 7.84. The highest BCUT2D eigenvalue weighted by molar-refractivity contribution is 5.38. The van der Waals surface area contributed by atoms with E-state index in [0.717, 1.165) is 13.0 Å². The third-order valence-electron chi connectivity index (χ3n) is 4.45. The minimum atomic E-state index is 0.397. The van der Waals surface area contributed by atoms with Gasteiger partial charge in [0.15, 0.2) is 0 Å². The third-order valence-corrected chi connectivity index (χ3v) is 4.45. The van der Waals surface area contributed by atoms with Gasteiger partial charge in [-0.05, 0) is 81.0 Å². The second-order valence-corrected chi connectivity index (χ2v) is 6.15. The predicted molar refractivity (Wildman–Crippen MR) is 92.0 cm³/mol. The standard InChI is InChI=1S/C20H27N/c1-14-8-6-7-9-19(14)10-11-21-18(5)20-13-16(3)15(2)12-17(20)4/h6-9,12-13,18,21H,10-11H2,1-5H3. The zero-order valence-electron chi connectivity index (χ0n) is 14.0. The largest absolute Gasteiger partial charge is 0.310 e. The summed E-state index contributed by atoms with van der Waals surface area (Å²) in [6.07, 6.45) is 1.08. The van der Waals surface area contributed by atoms with E-state index in [0.29, 0.717) is 6.04 Å². The van der Waals surface area contributed by atoms with Crippen molar-refractivity contribution in [3.05, 3.63) is 69.8 Å². The zero-order chi connectivity index (χ0) is 15.4. The molecule has 0 saturated heterocycles.